The monoisotopic (exact) mass is 398 g/mol. The molecule has 0 fully saturated rings. The van der Waals surface area contributed by atoms with Crippen LogP contribution < -0.4 is 5.32 Å². The Morgan fingerprint density at radius 2 is 1.74 bits per heavy atom. The van der Waals surface area contributed by atoms with Crippen molar-refractivity contribution in [2.75, 3.05) is 5.32 Å². The highest BCUT2D eigenvalue weighted by Gasteiger charge is 2.32. The zero-order valence-electron chi connectivity index (χ0n) is 14.3. The van der Waals surface area contributed by atoms with Gasteiger partial charge >= 0.3 is 0 Å². The number of ketones is 1. The first-order valence-corrected chi connectivity index (χ1v) is 9.35. The van der Waals surface area contributed by atoms with Crippen LogP contribution in [0.5, 0.6) is 0 Å². The summed E-state index contributed by atoms with van der Waals surface area (Å²) in [6, 6.07) is 17.8. The number of fused-ring (bicyclic) bond motifs is 1. The summed E-state index contributed by atoms with van der Waals surface area (Å²) in [5, 5.41) is 3.71. The number of amides is 1. The number of nitrogens with zero attached hydrogens (tertiary/aromatic N) is 1. The number of anilines is 1. The first-order valence-electron chi connectivity index (χ1n) is 8.59. The molecule has 0 bridgehead atoms. The molecule has 6 heteroatoms. The number of carbonyl (C=O) groups excluding carboxylic acids is 2. The van der Waals surface area contributed by atoms with Crippen LogP contribution >= 0.6 is 23.2 Å². The Morgan fingerprint density at radius 3 is 2.48 bits per heavy atom. The lowest BCUT2D eigenvalue weighted by Crippen LogP contribution is -2.19. The van der Waals surface area contributed by atoms with Crippen LogP contribution in [0.2, 0.25) is 10.0 Å². The van der Waals surface area contributed by atoms with Crippen molar-refractivity contribution in [2.45, 2.75) is 18.9 Å². The minimum absolute atomic E-state index is 0.0348. The van der Waals surface area contributed by atoms with E-state index in [9.17, 15) is 9.59 Å². The molecule has 0 saturated carbocycles. The highest BCUT2D eigenvalue weighted by Crippen LogP contribution is 2.33. The lowest BCUT2D eigenvalue weighted by molar-refractivity contribution is -0.117. The number of hydrogen-bond donors (Lipinski definition) is 1. The highest BCUT2D eigenvalue weighted by molar-refractivity contribution is 6.42. The van der Waals surface area contributed by atoms with E-state index in [2.05, 4.69) is 5.32 Å². The first kappa shape index (κ1) is 17.8. The van der Waals surface area contributed by atoms with Crippen molar-refractivity contribution < 1.29 is 9.59 Å². The molecule has 2 aromatic carbocycles. The van der Waals surface area contributed by atoms with Crippen LogP contribution in [-0.4, -0.2) is 16.3 Å². The first-order chi connectivity index (χ1) is 13.0. The third kappa shape index (κ3) is 3.38. The van der Waals surface area contributed by atoms with E-state index in [1.165, 1.54) is 0 Å². The molecular weight excluding hydrogens is 383 g/mol. The molecule has 1 aromatic heterocycles. The van der Waals surface area contributed by atoms with Crippen molar-refractivity contribution in [1.29, 1.82) is 0 Å². The van der Waals surface area contributed by atoms with Crippen molar-refractivity contribution in [2.24, 2.45) is 0 Å². The van der Waals surface area contributed by atoms with Gasteiger partial charge in [0.15, 0.2) is 0 Å². The lowest BCUT2D eigenvalue weighted by Gasteiger charge is -2.11. The zero-order valence-corrected chi connectivity index (χ0v) is 15.8. The molecule has 136 valence electrons. The summed E-state index contributed by atoms with van der Waals surface area (Å²) in [7, 11) is 0. The Balaban J connectivity index is 1.55. The van der Waals surface area contributed by atoms with Gasteiger partial charge in [-0.1, -0.05) is 53.5 Å². The number of halogens is 2. The molecule has 27 heavy (non-hydrogen) atoms. The fourth-order valence-corrected chi connectivity index (χ4v) is 3.75. The van der Waals surface area contributed by atoms with Crippen LogP contribution in [0.3, 0.4) is 0 Å². The van der Waals surface area contributed by atoms with E-state index in [-0.39, 0.29) is 17.6 Å². The lowest BCUT2D eigenvalue weighted by atomic mass is 10.0. The van der Waals surface area contributed by atoms with Gasteiger partial charge < -0.3 is 9.88 Å². The molecule has 1 amide bonds. The molecule has 1 atom stereocenters. The molecule has 0 saturated heterocycles. The van der Waals surface area contributed by atoms with E-state index in [1.54, 1.807) is 36.4 Å². The standard InChI is InChI=1S/C21H16Cl2N2O2/c22-16-7-6-14(12-17(16)23)24-21(27)15-10-11-25-18(15)8-9-19(25)20(26)13-4-2-1-3-5-13/h1-9,12,15H,10-11H2,(H,24,27)/t15-/m1/s1. The summed E-state index contributed by atoms with van der Waals surface area (Å²) < 4.78 is 1.94. The maximum absolute atomic E-state index is 12.8. The second-order valence-electron chi connectivity index (χ2n) is 6.45. The Labute approximate surface area is 166 Å². The van der Waals surface area contributed by atoms with E-state index in [0.717, 1.165) is 5.69 Å². The number of aromatic nitrogens is 1. The smallest absolute Gasteiger partial charge is 0.233 e. The third-order valence-electron chi connectivity index (χ3n) is 4.79. The fourth-order valence-electron chi connectivity index (χ4n) is 3.45. The number of nitrogens with one attached hydrogen (secondary N) is 1. The second-order valence-corrected chi connectivity index (χ2v) is 7.26. The molecule has 4 rings (SSSR count). The Morgan fingerprint density at radius 1 is 0.963 bits per heavy atom. The topological polar surface area (TPSA) is 51.1 Å². The molecule has 1 aliphatic rings. The van der Waals surface area contributed by atoms with Crippen LogP contribution in [0.15, 0.2) is 60.7 Å². The van der Waals surface area contributed by atoms with Gasteiger partial charge in [0.25, 0.3) is 0 Å². The van der Waals surface area contributed by atoms with Crippen molar-refractivity contribution in [3.63, 3.8) is 0 Å². The van der Waals surface area contributed by atoms with Crippen molar-refractivity contribution in [1.82, 2.24) is 4.57 Å². The van der Waals surface area contributed by atoms with Crippen LogP contribution in [0.1, 0.15) is 34.1 Å². The van der Waals surface area contributed by atoms with E-state index < -0.39 is 0 Å². The molecule has 1 N–H and O–H groups in total. The maximum Gasteiger partial charge on any atom is 0.233 e. The van der Waals surface area contributed by atoms with E-state index in [4.69, 9.17) is 23.2 Å². The summed E-state index contributed by atoms with van der Waals surface area (Å²) in [4.78, 5) is 25.5. The summed E-state index contributed by atoms with van der Waals surface area (Å²) in [6.45, 7) is 0.635. The largest absolute Gasteiger partial charge is 0.341 e. The molecule has 2 heterocycles. The SMILES string of the molecule is O=C(c1ccccc1)c1ccc2n1CC[C@H]2C(=O)Nc1ccc(Cl)c(Cl)c1. The van der Waals surface area contributed by atoms with Crippen LogP contribution in [0.4, 0.5) is 5.69 Å². The van der Waals surface area contributed by atoms with Crippen LogP contribution in [0.25, 0.3) is 0 Å². The van der Waals surface area contributed by atoms with Crippen LogP contribution in [-0.2, 0) is 11.3 Å². The predicted octanol–water partition coefficient (Wildman–Crippen LogP) is 5.15. The third-order valence-corrected chi connectivity index (χ3v) is 5.52. The van der Waals surface area contributed by atoms with E-state index >= 15 is 0 Å². The molecule has 3 aromatic rings. The summed E-state index contributed by atoms with van der Waals surface area (Å²) in [5.41, 5.74) is 2.70. The normalized spacial score (nSPS) is 15.4. The van der Waals surface area contributed by atoms with E-state index in [0.29, 0.717) is 40.0 Å². The highest BCUT2D eigenvalue weighted by atomic mass is 35.5. The van der Waals surface area contributed by atoms with Gasteiger partial charge in [-0.2, -0.15) is 0 Å². The fraction of sp³-hybridized carbons (Fsp3) is 0.143. The number of hydrogen-bond acceptors (Lipinski definition) is 2. The Hall–Kier alpha value is -2.56. The van der Waals surface area contributed by atoms with Gasteiger partial charge in [0.2, 0.25) is 11.7 Å². The van der Waals surface area contributed by atoms with Crippen LogP contribution in [0, 0.1) is 0 Å². The average Bonchev–Trinajstić information content (AvgIpc) is 3.27. The van der Waals surface area contributed by atoms with Crippen molar-refractivity contribution >= 4 is 40.6 Å². The van der Waals surface area contributed by atoms with Gasteiger partial charge in [-0.3, -0.25) is 9.59 Å². The summed E-state index contributed by atoms with van der Waals surface area (Å²) >= 11 is 11.9. The number of benzene rings is 2. The van der Waals surface area contributed by atoms with Crippen molar-refractivity contribution in [3.8, 4) is 0 Å². The Bertz CT molecular complexity index is 1030. The molecule has 1 aliphatic heterocycles. The van der Waals surface area contributed by atoms with Gasteiger partial charge in [0.05, 0.1) is 21.7 Å². The summed E-state index contributed by atoms with van der Waals surface area (Å²) in [6.07, 6.45) is 0.651. The molecule has 0 radical (unpaired) electrons. The molecule has 0 unspecified atom stereocenters. The predicted molar refractivity (Wildman–Crippen MR) is 107 cm³/mol. The quantitative estimate of drug-likeness (QED) is 0.617. The Kier molecular flexibility index (Phi) is 4.77. The van der Waals surface area contributed by atoms with Crippen molar-refractivity contribution in [3.05, 3.63) is 87.7 Å². The molecular formula is C21H16Cl2N2O2. The summed E-state index contributed by atoms with van der Waals surface area (Å²) in [5.74, 6) is -0.465. The van der Waals surface area contributed by atoms with Gasteiger partial charge in [0, 0.05) is 23.5 Å². The van der Waals surface area contributed by atoms with E-state index in [1.807, 2.05) is 28.8 Å². The minimum Gasteiger partial charge on any atom is -0.341 e. The molecule has 4 nitrogen and oxygen atoms in total. The zero-order chi connectivity index (χ0) is 19.0. The molecule has 0 spiro atoms. The number of rotatable bonds is 4. The minimum atomic E-state index is -0.309. The van der Waals surface area contributed by atoms with Gasteiger partial charge in [-0.25, -0.2) is 0 Å². The van der Waals surface area contributed by atoms with Gasteiger partial charge in [-0.05, 0) is 36.8 Å². The number of carbonyl (C=O) groups is 2. The average molecular weight is 399 g/mol. The second kappa shape index (κ2) is 7.22. The van der Waals surface area contributed by atoms with Gasteiger partial charge in [-0.15, -0.1) is 0 Å². The molecule has 0 aliphatic carbocycles. The van der Waals surface area contributed by atoms with Gasteiger partial charge in [0.1, 0.15) is 0 Å². The maximum atomic E-state index is 12.8.